The SMILES string of the molecule is CCCCn1c(SCC(=O)NCc2ccccc2F)nc2cc(S(=O)(=O)N(C)C)ccc21. The van der Waals surface area contributed by atoms with E-state index in [-0.39, 0.29) is 28.9 Å². The maximum atomic E-state index is 13.7. The van der Waals surface area contributed by atoms with E-state index in [2.05, 4.69) is 17.2 Å². The number of fused-ring (bicyclic) bond motifs is 1. The number of benzene rings is 2. The summed E-state index contributed by atoms with van der Waals surface area (Å²) >= 11 is 1.28. The molecule has 0 radical (unpaired) electrons. The predicted octanol–water partition coefficient (Wildman–Crippen LogP) is 3.63. The largest absolute Gasteiger partial charge is 0.351 e. The predicted molar refractivity (Wildman–Crippen MR) is 124 cm³/mol. The molecule has 0 saturated heterocycles. The Labute approximate surface area is 192 Å². The Morgan fingerprint density at radius 2 is 1.97 bits per heavy atom. The van der Waals surface area contributed by atoms with Crippen molar-refractivity contribution < 1.29 is 17.6 Å². The zero-order chi connectivity index (χ0) is 23.3. The Bertz CT molecular complexity index is 1210. The number of carbonyl (C=O) groups is 1. The van der Waals surface area contributed by atoms with Gasteiger partial charge in [-0.1, -0.05) is 43.3 Å². The second-order valence-electron chi connectivity index (χ2n) is 7.49. The maximum absolute atomic E-state index is 13.7. The van der Waals surface area contributed by atoms with Gasteiger partial charge in [-0.25, -0.2) is 22.1 Å². The highest BCUT2D eigenvalue weighted by Gasteiger charge is 2.20. The van der Waals surface area contributed by atoms with Gasteiger partial charge in [0.1, 0.15) is 5.82 Å². The molecular formula is C22H27FN4O3S2. The maximum Gasteiger partial charge on any atom is 0.242 e. The van der Waals surface area contributed by atoms with E-state index in [1.807, 2.05) is 4.57 Å². The molecule has 10 heteroatoms. The van der Waals surface area contributed by atoms with Crippen LogP contribution in [0.4, 0.5) is 4.39 Å². The van der Waals surface area contributed by atoms with E-state index in [1.54, 1.807) is 36.4 Å². The van der Waals surface area contributed by atoms with Gasteiger partial charge < -0.3 is 9.88 Å². The molecule has 172 valence electrons. The highest BCUT2D eigenvalue weighted by Crippen LogP contribution is 2.27. The number of imidazole rings is 1. The average molecular weight is 479 g/mol. The quantitative estimate of drug-likeness (QED) is 0.450. The molecule has 1 heterocycles. The van der Waals surface area contributed by atoms with Crippen LogP contribution in [0, 0.1) is 5.82 Å². The first kappa shape index (κ1) is 24.2. The smallest absolute Gasteiger partial charge is 0.242 e. The molecule has 0 atom stereocenters. The molecular weight excluding hydrogens is 451 g/mol. The molecule has 0 fully saturated rings. The number of aromatic nitrogens is 2. The molecule has 0 bridgehead atoms. The van der Waals surface area contributed by atoms with Crippen molar-refractivity contribution in [1.82, 2.24) is 19.2 Å². The van der Waals surface area contributed by atoms with Gasteiger partial charge in [-0.2, -0.15) is 0 Å². The first-order valence-electron chi connectivity index (χ1n) is 10.3. The first-order valence-corrected chi connectivity index (χ1v) is 12.7. The molecule has 0 aliphatic carbocycles. The number of thioether (sulfide) groups is 1. The van der Waals surface area contributed by atoms with Crippen molar-refractivity contribution in [2.45, 2.75) is 42.9 Å². The molecule has 0 spiro atoms. The van der Waals surface area contributed by atoms with Crippen molar-refractivity contribution in [3.8, 4) is 0 Å². The zero-order valence-corrected chi connectivity index (χ0v) is 20.0. The van der Waals surface area contributed by atoms with Crippen LogP contribution < -0.4 is 5.32 Å². The van der Waals surface area contributed by atoms with Gasteiger partial charge in [0.05, 0.1) is 21.7 Å². The lowest BCUT2D eigenvalue weighted by Gasteiger charge is -2.11. The Hall–Kier alpha value is -2.43. The molecule has 3 aromatic rings. The van der Waals surface area contributed by atoms with E-state index >= 15 is 0 Å². The molecule has 32 heavy (non-hydrogen) atoms. The minimum atomic E-state index is -3.57. The summed E-state index contributed by atoms with van der Waals surface area (Å²) in [7, 11) is -0.596. The molecule has 1 N–H and O–H groups in total. The second-order valence-corrected chi connectivity index (χ2v) is 10.6. The zero-order valence-electron chi connectivity index (χ0n) is 18.3. The molecule has 0 saturated carbocycles. The summed E-state index contributed by atoms with van der Waals surface area (Å²) < 4.78 is 41.9. The highest BCUT2D eigenvalue weighted by atomic mass is 32.2. The van der Waals surface area contributed by atoms with Gasteiger partial charge >= 0.3 is 0 Å². The van der Waals surface area contributed by atoms with E-state index in [0.29, 0.717) is 22.8 Å². The number of aryl methyl sites for hydroxylation is 1. The fourth-order valence-electron chi connectivity index (χ4n) is 3.12. The third-order valence-electron chi connectivity index (χ3n) is 4.96. The molecule has 1 aromatic heterocycles. The minimum Gasteiger partial charge on any atom is -0.351 e. The van der Waals surface area contributed by atoms with E-state index in [0.717, 1.165) is 22.7 Å². The number of nitrogens with zero attached hydrogens (tertiary/aromatic N) is 3. The number of halogens is 1. The number of rotatable bonds is 10. The lowest BCUT2D eigenvalue weighted by molar-refractivity contribution is -0.118. The van der Waals surface area contributed by atoms with Crippen LogP contribution in [0.15, 0.2) is 52.5 Å². The Morgan fingerprint density at radius 1 is 1.22 bits per heavy atom. The van der Waals surface area contributed by atoms with Gasteiger partial charge in [0.15, 0.2) is 5.16 Å². The number of carbonyl (C=O) groups excluding carboxylic acids is 1. The van der Waals surface area contributed by atoms with Crippen LogP contribution in [-0.4, -0.2) is 48.0 Å². The normalized spacial score (nSPS) is 11.9. The molecule has 0 aliphatic heterocycles. The summed E-state index contributed by atoms with van der Waals surface area (Å²) in [5.41, 5.74) is 1.82. The number of hydrogen-bond donors (Lipinski definition) is 1. The van der Waals surface area contributed by atoms with Crippen molar-refractivity contribution in [3.63, 3.8) is 0 Å². The van der Waals surface area contributed by atoms with Crippen molar-refractivity contribution in [2.75, 3.05) is 19.8 Å². The van der Waals surface area contributed by atoms with Crippen LogP contribution in [0.5, 0.6) is 0 Å². The van der Waals surface area contributed by atoms with Crippen molar-refractivity contribution in [3.05, 3.63) is 53.8 Å². The minimum absolute atomic E-state index is 0.115. The van der Waals surface area contributed by atoms with E-state index in [9.17, 15) is 17.6 Å². The molecule has 7 nitrogen and oxygen atoms in total. The summed E-state index contributed by atoms with van der Waals surface area (Å²) in [5.74, 6) is -0.472. The lowest BCUT2D eigenvalue weighted by atomic mass is 10.2. The fraction of sp³-hybridized carbons (Fsp3) is 0.364. The van der Waals surface area contributed by atoms with Gasteiger partial charge in [0.25, 0.3) is 0 Å². The van der Waals surface area contributed by atoms with Gasteiger partial charge in [0, 0.05) is 32.7 Å². The summed E-state index contributed by atoms with van der Waals surface area (Å²) in [6.07, 6.45) is 1.91. The van der Waals surface area contributed by atoms with Crippen molar-refractivity contribution in [1.29, 1.82) is 0 Å². The summed E-state index contributed by atoms with van der Waals surface area (Å²) in [5, 5.41) is 3.37. The van der Waals surface area contributed by atoms with Gasteiger partial charge in [-0.15, -0.1) is 0 Å². The number of amides is 1. The van der Waals surface area contributed by atoms with Crippen LogP contribution in [-0.2, 0) is 27.9 Å². The number of unbranched alkanes of at least 4 members (excludes halogenated alkanes) is 1. The topological polar surface area (TPSA) is 84.3 Å². The van der Waals surface area contributed by atoms with Crippen molar-refractivity contribution >= 4 is 38.7 Å². The Morgan fingerprint density at radius 3 is 2.66 bits per heavy atom. The fourth-order valence-corrected chi connectivity index (χ4v) is 4.91. The molecule has 0 unspecified atom stereocenters. The molecule has 1 amide bonds. The molecule has 0 aliphatic rings. The van der Waals surface area contributed by atoms with Gasteiger partial charge in [-0.3, -0.25) is 4.79 Å². The van der Waals surface area contributed by atoms with Crippen LogP contribution in [0.2, 0.25) is 0 Å². The summed E-state index contributed by atoms with van der Waals surface area (Å²) in [4.78, 5) is 17.1. The number of hydrogen-bond acceptors (Lipinski definition) is 5. The van der Waals surface area contributed by atoms with Crippen LogP contribution in [0.25, 0.3) is 11.0 Å². The Kier molecular flexibility index (Phi) is 7.91. The van der Waals surface area contributed by atoms with E-state index in [1.165, 1.54) is 31.9 Å². The average Bonchev–Trinajstić information content (AvgIpc) is 3.12. The third-order valence-corrected chi connectivity index (χ3v) is 7.75. The van der Waals surface area contributed by atoms with Gasteiger partial charge in [0.2, 0.25) is 15.9 Å². The summed E-state index contributed by atoms with van der Waals surface area (Å²) in [6, 6.07) is 11.2. The van der Waals surface area contributed by atoms with Crippen LogP contribution in [0.3, 0.4) is 0 Å². The number of nitrogens with one attached hydrogen (secondary N) is 1. The number of sulfonamides is 1. The van der Waals surface area contributed by atoms with Gasteiger partial charge in [-0.05, 0) is 30.7 Å². The third kappa shape index (κ3) is 5.48. The lowest BCUT2D eigenvalue weighted by Crippen LogP contribution is -2.25. The monoisotopic (exact) mass is 478 g/mol. The summed E-state index contributed by atoms with van der Waals surface area (Å²) in [6.45, 7) is 2.92. The first-order chi connectivity index (χ1) is 15.2. The highest BCUT2D eigenvalue weighted by molar-refractivity contribution is 7.99. The van der Waals surface area contributed by atoms with Crippen LogP contribution in [0.1, 0.15) is 25.3 Å². The van der Waals surface area contributed by atoms with Crippen molar-refractivity contribution in [2.24, 2.45) is 0 Å². The standard InChI is InChI=1S/C22H27FN4O3S2/c1-4-5-12-27-20-11-10-17(32(29,30)26(2)3)13-19(20)25-22(27)31-15-21(28)24-14-16-8-6-7-9-18(16)23/h6-11,13H,4-5,12,14-15H2,1-3H3,(H,24,28). The molecule has 2 aromatic carbocycles. The van der Waals surface area contributed by atoms with Crippen LogP contribution >= 0.6 is 11.8 Å². The second kappa shape index (κ2) is 10.5. The molecule has 3 rings (SSSR count). The van der Waals surface area contributed by atoms with E-state index in [4.69, 9.17) is 0 Å². The Balaban J connectivity index is 1.78. The van der Waals surface area contributed by atoms with E-state index < -0.39 is 10.0 Å².